The van der Waals surface area contributed by atoms with Crippen molar-refractivity contribution in [3.05, 3.63) is 82.7 Å². The number of carbonyl (C=O) groups excluding carboxylic acids is 2. The van der Waals surface area contributed by atoms with Crippen molar-refractivity contribution in [2.24, 2.45) is 5.92 Å². The molecule has 0 unspecified atom stereocenters. The van der Waals surface area contributed by atoms with Crippen LogP contribution in [0.5, 0.6) is 0 Å². The molecule has 0 saturated heterocycles. The molecule has 0 radical (unpaired) electrons. The predicted molar refractivity (Wildman–Crippen MR) is 148 cm³/mol. The first kappa shape index (κ1) is 28.2. The summed E-state index contributed by atoms with van der Waals surface area (Å²) in [5.74, 6) is 0.466. The van der Waals surface area contributed by atoms with Gasteiger partial charge in [-0.25, -0.2) is 23.2 Å². The van der Waals surface area contributed by atoms with E-state index in [0.29, 0.717) is 29.5 Å². The fraction of sp³-hybridized carbons (Fsp3) is 0.379. The minimum Gasteiger partial charge on any atom is -0.462 e. The number of rotatable bonds is 9. The predicted octanol–water partition coefficient (Wildman–Crippen LogP) is 4.14. The lowest BCUT2D eigenvalue weighted by Crippen LogP contribution is -2.37. The number of ether oxygens (including phenoxy) is 1. The number of amides is 1. The van der Waals surface area contributed by atoms with Gasteiger partial charge in [0.15, 0.2) is 9.84 Å². The molecular formula is C29H34N4O5S. The Kier molecular flexibility index (Phi) is 8.64. The first-order chi connectivity index (χ1) is 18.6. The second-order valence-corrected chi connectivity index (χ2v) is 12.1. The van der Waals surface area contributed by atoms with Crippen LogP contribution in [-0.4, -0.2) is 49.2 Å². The van der Waals surface area contributed by atoms with Crippen LogP contribution in [0, 0.1) is 5.92 Å². The van der Waals surface area contributed by atoms with E-state index in [4.69, 9.17) is 4.74 Å². The Morgan fingerprint density at radius 3 is 2.36 bits per heavy atom. The lowest BCUT2D eigenvalue weighted by atomic mass is 9.82. The summed E-state index contributed by atoms with van der Waals surface area (Å²) >= 11 is 0. The minimum absolute atomic E-state index is 0.0432. The van der Waals surface area contributed by atoms with Gasteiger partial charge in [0.25, 0.3) is 5.91 Å². The van der Waals surface area contributed by atoms with E-state index in [2.05, 4.69) is 34.0 Å². The molecule has 4 rings (SSSR count). The summed E-state index contributed by atoms with van der Waals surface area (Å²) in [5.41, 5.74) is 3.89. The third-order valence-electron chi connectivity index (χ3n) is 6.94. The Morgan fingerprint density at radius 2 is 1.74 bits per heavy atom. The van der Waals surface area contributed by atoms with Gasteiger partial charge in [0.1, 0.15) is 0 Å². The molecule has 10 heteroatoms. The third-order valence-corrected chi connectivity index (χ3v) is 8.69. The van der Waals surface area contributed by atoms with Crippen LogP contribution in [-0.2, 0) is 27.7 Å². The van der Waals surface area contributed by atoms with Crippen molar-refractivity contribution >= 4 is 27.7 Å². The molecule has 1 N–H and O–H groups in total. The molecule has 1 amide bonds. The van der Waals surface area contributed by atoms with Gasteiger partial charge in [0.2, 0.25) is 5.95 Å². The van der Waals surface area contributed by atoms with E-state index in [-0.39, 0.29) is 35.6 Å². The summed E-state index contributed by atoms with van der Waals surface area (Å²) in [6.45, 7) is 9.51. The van der Waals surface area contributed by atoms with Gasteiger partial charge in [-0.15, -0.1) is 0 Å². The summed E-state index contributed by atoms with van der Waals surface area (Å²) in [5, 5.41) is 2.93. The molecular weight excluding hydrogens is 516 g/mol. The van der Waals surface area contributed by atoms with Crippen LogP contribution in [0.15, 0.2) is 59.8 Å². The highest BCUT2D eigenvalue weighted by Gasteiger charge is 2.29. The number of benzene rings is 2. The number of sulfone groups is 1. The second-order valence-electron chi connectivity index (χ2n) is 9.87. The molecule has 2 aromatic carbocycles. The molecule has 1 aromatic heterocycles. The number of carbonyl (C=O) groups is 2. The molecule has 0 fully saturated rings. The van der Waals surface area contributed by atoms with Gasteiger partial charge in [-0.05, 0) is 53.8 Å². The van der Waals surface area contributed by atoms with Crippen LogP contribution < -0.4 is 10.2 Å². The van der Waals surface area contributed by atoms with Gasteiger partial charge in [0.05, 0.1) is 22.8 Å². The van der Waals surface area contributed by atoms with Gasteiger partial charge in [0, 0.05) is 43.5 Å². The molecule has 1 aliphatic heterocycles. The zero-order valence-corrected chi connectivity index (χ0v) is 23.5. The number of anilines is 1. The molecule has 3 aromatic rings. The number of hydrogen-bond donors (Lipinski definition) is 1. The van der Waals surface area contributed by atoms with E-state index >= 15 is 0 Å². The van der Waals surface area contributed by atoms with Gasteiger partial charge in [-0.1, -0.05) is 39.0 Å². The molecule has 9 nitrogen and oxygen atoms in total. The summed E-state index contributed by atoms with van der Waals surface area (Å²) in [4.78, 5) is 36.2. The Balaban J connectivity index is 1.49. The average Bonchev–Trinajstić information content (AvgIpc) is 2.95. The van der Waals surface area contributed by atoms with Crippen LogP contribution in [0.3, 0.4) is 0 Å². The molecule has 0 aliphatic carbocycles. The van der Waals surface area contributed by atoms with Gasteiger partial charge in [-0.3, -0.25) is 4.79 Å². The van der Waals surface area contributed by atoms with Crippen molar-refractivity contribution in [3.8, 4) is 0 Å². The highest BCUT2D eigenvalue weighted by Crippen LogP contribution is 2.35. The topological polar surface area (TPSA) is 119 Å². The van der Waals surface area contributed by atoms with Crippen molar-refractivity contribution < 1.29 is 22.7 Å². The molecule has 2 heterocycles. The van der Waals surface area contributed by atoms with Gasteiger partial charge < -0.3 is 15.0 Å². The Morgan fingerprint density at radius 1 is 1.05 bits per heavy atom. The molecule has 0 spiro atoms. The maximum atomic E-state index is 13.0. The van der Waals surface area contributed by atoms with Gasteiger partial charge in [-0.2, -0.15) is 0 Å². The molecule has 206 valence electrons. The maximum Gasteiger partial charge on any atom is 0.341 e. The smallest absolute Gasteiger partial charge is 0.341 e. The lowest BCUT2D eigenvalue weighted by molar-refractivity contribution is 0.0525. The minimum atomic E-state index is -3.26. The summed E-state index contributed by atoms with van der Waals surface area (Å²) in [6, 6.07) is 12.4. The molecule has 0 saturated carbocycles. The van der Waals surface area contributed by atoms with E-state index in [1.165, 1.54) is 18.0 Å². The van der Waals surface area contributed by atoms with Crippen LogP contribution in [0.1, 0.15) is 71.0 Å². The molecule has 0 bridgehead atoms. The fourth-order valence-electron chi connectivity index (χ4n) is 4.64. The number of fused-ring (bicyclic) bond motifs is 1. The van der Waals surface area contributed by atoms with E-state index in [1.54, 1.807) is 38.1 Å². The number of nitrogens with one attached hydrogen (secondary N) is 1. The van der Waals surface area contributed by atoms with Crippen molar-refractivity contribution in [1.29, 1.82) is 0 Å². The van der Waals surface area contributed by atoms with Crippen molar-refractivity contribution in [2.45, 2.75) is 51.6 Å². The summed E-state index contributed by atoms with van der Waals surface area (Å²) in [6.07, 6.45) is 2.96. The monoisotopic (exact) mass is 550 g/mol. The normalized spacial score (nSPS) is 15.1. The Bertz CT molecular complexity index is 1440. The quantitative estimate of drug-likeness (QED) is 0.395. The van der Waals surface area contributed by atoms with Gasteiger partial charge >= 0.3 is 5.97 Å². The van der Waals surface area contributed by atoms with Crippen molar-refractivity contribution in [3.63, 3.8) is 0 Å². The summed E-state index contributed by atoms with van der Waals surface area (Å²) < 4.78 is 29.1. The first-order valence-electron chi connectivity index (χ1n) is 13.1. The molecule has 1 aliphatic rings. The Labute approximate surface area is 229 Å². The highest BCUT2D eigenvalue weighted by atomic mass is 32.2. The lowest BCUT2D eigenvalue weighted by Gasteiger charge is -2.37. The maximum absolute atomic E-state index is 13.0. The van der Waals surface area contributed by atoms with E-state index in [0.717, 1.165) is 17.7 Å². The molecule has 1 atom stereocenters. The summed E-state index contributed by atoms with van der Waals surface area (Å²) in [7, 11) is -3.26. The SMILES string of the molecule is CCOC(=O)c1cnc(N2Cc3cc(C(=O)NCc4ccc(S(=O)(=O)CC)cc4)ccc3[C@@H](C(C)C)C2)nc1. The second kappa shape index (κ2) is 11.9. The zero-order valence-electron chi connectivity index (χ0n) is 22.7. The number of esters is 1. The van der Waals surface area contributed by atoms with E-state index in [9.17, 15) is 18.0 Å². The van der Waals surface area contributed by atoms with Crippen LogP contribution in [0.25, 0.3) is 0 Å². The Hall–Kier alpha value is -3.79. The van der Waals surface area contributed by atoms with E-state index in [1.807, 2.05) is 18.2 Å². The number of nitrogens with zero attached hydrogens (tertiary/aromatic N) is 3. The van der Waals surface area contributed by atoms with Crippen LogP contribution in [0.4, 0.5) is 5.95 Å². The number of aromatic nitrogens is 2. The van der Waals surface area contributed by atoms with Crippen molar-refractivity contribution in [1.82, 2.24) is 15.3 Å². The largest absolute Gasteiger partial charge is 0.462 e. The average molecular weight is 551 g/mol. The van der Waals surface area contributed by atoms with E-state index < -0.39 is 15.8 Å². The molecule has 39 heavy (non-hydrogen) atoms. The fourth-order valence-corrected chi connectivity index (χ4v) is 5.53. The zero-order chi connectivity index (χ0) is 28.2. The highest BCUT2D eigenvalue weighted by molar-refractivity contribution is 7.91. The third kappa shape index (κ3) is 6.44. The van der Waals surface area contributed by atoms with Crippen LogP contribution in [0.2, 0.25) is 0 Å². The first-order valence-corrected chi connectivity index (χ1v) is 14.7. The van der Waals surface area contributed by atoms with Crippen molar-refractivity contribution in [2.75, 3.05) is 23.8 Å². The van der Waals surface area contributed by atoms with Crippen LogP contribution >= 0.6 is 0 Å². The standard InChI is InChI=1S/C29H34N4O5S/c1-5-38-28(35)23-15-31-29(32-16-23)33-17-22-13-21(9-12-25(22)26(18-33)19(3)4)27(34)30-14-20-7-10-24(11-8-20)39(36,37)6-2/h7-13,15-16,19,26H,5-6,14,17-18H2,1-4H3,(H,30,34)/t26-/m1/s1. The number of hydrogen-bond acceptors (Lipinski definition) is 8.